The zero-order chi connectivity index (χ0) is 15.6. The van der Waals surface area contributed by atoms with Crippen molar-refractivity contribution >= 4 is 21.5 Å². The van der Waals surface area contributed by atoms with E-state index in [2.05, 4.69) is 9.71 Å². The Hall–Kier alpha value is -2.48. The van der Waals surface area contributed by atoms with Gasteiger partial charge in [-0.1, -0.05) is 12.1 Å². The van der Waals surface area contributed by atoms with Crippen molar-refractivity contribution in [2.75, 3.05) is 4.72 Å². The van der Waals surface area contributed by atoms with Crippen molar-refractivity contribution in [2.24, 2.45) is 0 Å². The predicted octanol–water partition coefficient (Wildman–Crippen LogP) is 2.41. The van der Waals surface area contributed by atoms with Gasteiger partial charge >= 0.3 is 0 Å². The molecule has 0 saturated heterocycles. The monoisotopic (exact) mass is 307 g/mol. The van der Waals surface area contributed by atoms with Gasteiger partial charge in [0.15, 0.2) is 0 Å². The Morgan fingerprint density at radius 3 is 2.52 bits per heavy atom. The summed E-state index contributed by atoms with van der Waals surface area (Å²) in [7, 11) is -3.93. The largest absolute Gasteiger partial charge is 0.273 e. The van der Waals surface area contributed by atoms with Gasteiger partial charge in [-0.3, -0.25) is 14.8 Å². The minimum atomic E-state index is -3.93. The van der Waals surface area contributed by atoms with Gasteiger partial charge in [0.2, 0.25) is 0 Å². The highest BCUT2D eigenvalue weighted by atomic mass is 32.2. The van der Waals surface area contributed by atoms with E-state index in [1.54, 1.807) is 26.0 Å². The molecule has 21 heavy (non-hydrogen) atoms. The third-order valence-corrected chi connectivity index (χ3v) is 4.26. The van der Waals surface area contributed by atoms with Gasteiger partial charge in [0.1, 0.15) is 5.82 Å². The number of benzene rings is 1. The number of nitrogens with zero attached hydrogens (tertiary/aromatic N) is 2. The number of hydrogen-bond donors (Lipinski definition) is 1. The number of nitrogens with one attached hydrogen (secondary N) is 1. The van der Waals surface area contributed by atoms with Crippen LogP contribution >= 0.6 is 0 Å². The van der Waals surface area contributed by atoms with E-state index in [-0.39, 0.29) is 16.4 Å². The summed E-state index contributed by atoms with van der Waals surface area (Å²) in [5, 5.41) is 10.9. The average molecular weight is 307 g/mol. The van der Waals surface area contributed by atoms with Gasteiger partial charge in [-0.2, -0.15) is 0 Å². The molecule has 1 heterocycles. The first kappa shape index (κ1) is 14.9. The minimum absolute atomic E-state index is 0.176. The summed E-state index contributed by atoms with van der Waals surface area (Å²) >= 11 is 0. The molecule has 2 aromatic rings. The van der Waals surface area contributed by atoms with Crippen LogP contribution in [0.4, 0.5) is 11.5 Å². The molecule has 0 amide bonds. The zero-order valence-corrected chi connectivity index (χ0v) is 12.2. The van der Waals surface area contributed by atoms with Crippen LogP contribution in [0.2, 0.25) is 0 Å². The van der Waals surface area contributed by atoms with E-state index >= 15 is 0 Å². The summed E-state index contributed by atoms with van der Waals surface area (Å²) in [6.07, 6.45) is 1.46. The van der Waals surface area contributed by atoms with E-state index in [4.69, 9.17) is 0 Å². The molecule has 1 N–H and O–H groups in total. The second kappa shape index (κ2) is 5.49. The molecule has 2 rings (SSSR count). The Kier molecular flexibility index (Phi) is 3.90. The van der Waals surface area contributed by atoms with E-state index < -0.39 is 14.9 Å². The lowest BCUT2D eigenvalue weighted by Crippen LogP contribution is -2.15. The highest BCUT2D eigenvalue weighted by Crippen LogP contribution is 2.24. The maximum atomic E-state index is 12.3. The first-order valence-electron chi connectivity index (χ1n) is 6.01. The molecule has 0 saturated carbocycles. The number of nitro benzene ring substituents is 1. The van der Waals surface area contributed by atoms with Crippen molar-refractivity contribution in [3.63, 3.8) is 0 Å². The highest BCUT2D eigenvalue weighted by molar-refractivity contribution is 7.92. The lowest BCUT2D eigenvalue weighted by atomic mass is 10.2. The number of anilines is 1. The van der Waals surface area contributed by atoms with Crippen molar-refractivity contribution in [2.45, 2.75) is 18.7 Å². The Balaban J connectivity index is 2.43. The number of pyridine rings is 1. The molecule has 0 radical (unpaired) electrons. The fourth-order valence-corrected chi connectivity index (χ4v) is 2.83. The molecular formula is C13H13N3O4S. The van der Waals surface area contributed by atoms with E-state index in [0.29, 0.717) is 11.1 Å². The van der Waals surface area contributed by atoms with Crippen molar-refractivity contribution in [1.82, 2.24) is 4.98 Å². The van der Waals surface area contributed by atoms with Crippen LogP contribution < -0.4 is 4.72 Å². The molecule has 1 aromatic carbocycles. The number of sulfonamides is 1. The van der Waals surface area contributed by atoms with Gasteiger partial charge in [-0.25, -0.2) is 13.4 Å². The van der Waals surface area contributed by atoms with Gasteiger partial charge in [0.05, 0.1) is 9.82 Å². The van der Waals surface area contributed by atoms with Crippen LogP contribution in [-0.4, -0.2) is 18.3 Å². The maximum absolute atomic E-state index is 12.3. The summed E-state index contributed by atoms with van der Waals surface area (Å²) in [5.74, 6) is 0.195. The Bertz CT molecular complexity index is 803. The van der Waals surface area contributed by atoms with Crippen LogP contribution in [0.1, 0.15) is 11.1 Å². The van der Waals surface area contributed by atoms with E-state index in [9.17, 15) is 18.5 Å². The molecule has 0 aliphatic carbocycles. The lowest BCUT2D eigenvalue weighted by Gasteiger charge is -2.09. The van der Waals surface area contributed by atoms with Gasteiger partial charge in [-0.15, -0.1) is 0 Å². The predicted molar refractivity (Wildman–Crippen MR) is 77.6 cm³/mol. The van der Waals surface area contributed by atoms with Gasteiger partial charge in [0.25, 0.3) is 15.7 Å². The first-order valence-corrected chi connectivity index (χ1v) is 7.49. The fraction of sp³-hybridized carbons (Fsp3) is 0.154. The molecule has 7 nitrogen and oxygen atoms in total. The summed E-state index contributed by atoms with van der Waals surface area (Å²) in [5.41, 5.74) is 0.811. The van der Waals surface area contributed by atoms with Gasteiger partial charge in [0, 0.05) is 17.8 Å². The minimum Gasteiger partial charge on any atom is -0.263 e. The van der Waals surface area contributed by atoms with Crippen LogP contribution in [0.15, 0.2) is 41.4 Å². The van der Waals surface area contributed by atoms with Crippen LogP contribution in [0.5, 0.6) is 0 Å². The summed E-state index contributed by atoms with van der Waals surface area (Å²) in [6.45, 7) is 3.26. The third kappa shape index (κ3) is 3.16. The second-order valence-corrected chi connectivity index (χ2v) is 6.16. The van der Waals surface area contributed by atoms with E-state index in [0.717, 1.165) is 6.07 Å². The summed E-state index contributed by atoms with van der Waals surface area (Å²) in [4.78, 5) is 14.0. The Labute approximate surface area is 121 Å². The van der Waals surface area contributed by atoms with E-state index in [1.165, 1.54) is 18.3 Å². The van der Waals surface area contributed by atoms with Crippen molar-refractivity contribution in [3.8, 4) is 0 Å². The fourth-order valence-electron chi connectivity index (χ4n) is 1.73. The van der Waals surface area contributed by atoms with Gasteiger partial charge in [-0.05, 0) is 31.5 Å². The van der Waals surface area contributed by atoms with Crippen molar-refractivity contribution < 1.29 is 13.3 Å². The third-order valence-electron chi connectivity index (χ3n) is 2.93. The van der Waals surface area contributed by atoms with Crippen LogP contribution in [-0.2, 0) is 10.0 Å². The lowest BCUT2D eigenvalue weighted by molar-refractivity contribution is -0.385. The number of hydrogen-bond acceptors (Lipinski definition) is 5. The molecule has 0 aliphatic heterocycles. The Morgan fingerprint density at radius 1 is 1.19 bits per heavy atom. The highest BCUT2D eigenvalue weighted by Gasteiger charge is 2.20. The van der Waals surface area contributed by atoms with Crippen LogP contribution in [0.25, 0.3) is 0 Å². The number of aromatic nitrogens is 1. The SMILES string of the molecule is Cc1ccc(S(=O)(=O)Nc2ncccc2C)cc1[N+](=O)[O-]. The zero-order valence-electron chi connectivity index (χ0n) is 11.4. The molecule has 0 unspecified atom stereocenters. The maximum Gasteiger partial charge on any atom is 0.273 e. The van der Waals surface area contributed by atoms with Crippen molar-refractivity contribution in [3.05, 3.63) is 57.8 Å². The Morgan fingerprint density at radius 2 is 1.90 bits per heavy atom. The number of nitro groups is 1. The molecular weight excluding hydrogens is 294 g/mol. The number of rotatable bonds is 4. The molecule has 0 fully saturated rings. The molecule has 0 spiro atoms. The normalized spacial score (nSPS) is 11.1. The molecule has 0 aliphatic rings. The smallest absolute Gasteiger partial charge is 0.263 e. The van der Waals surface area contributed by atoms with Crippen LogP contribution in [0.3, 0.4) is 0 Å². The average Bonchev–Trinajstić information content (AvgIpc) is 2.41. The second-order valence-electron chi connectivity index (χ2n) is 4.48. The van der Waals surface area contributed by atoms with Crippen LogP contribution in [0, 0.1) is 24.0 Å². The molecule has 0 atom stereocenters. The summed E-state index contributed by atoms with van der Waals surface area (Å²) in [6, 6.07) is 7.16. The molecule has 1 aromatic heterocycles. The topological polar surface area (TPSA) is 102 Å². The van der Waals surface area contributed by atoms with E-state index in [1.807, 2.05) is 0 Å². The quantitative estimate of drug-likeness (QED) is 0.690. The number of aryl methyl sites for hydroxylation is 2. The summed E-state index contributed by atoms with van der Waals surface area (Å²) < 4.78 is 26.9. The molecule has 0 bridgehead atoms. The van der Waals surface area contributed by atoms with Gasteiger partial charge < -0.3 is 0 Å². The standard InChI is InChI=1S/C13H13N3O4S/c1-9-5-6-11(8-12(9)16(17)18)21(19,20)15-13-10(2)4-3-7-14-13/h3-8H,1-2H3,(H,14,15). The molecule has 8 heteroatoms. The molecule has 110 valence electrons. The van der Waals surface area contributed by atoms with Crippen molar-refractivity contribution in [1.29, 1.82) is 0 Å². The first-order chi connectivity index (χ1) is 9.81.